The van der Waals surface area contributed by atoms with Crippen molar-refractivity contribution in [3.05, 3.63) is 18.1 Å². The minimum atomic E-state index is -0.0916. The van der Waals surface area contributed by atoms with Crippen molar-refractivity contribution in [1.29, 1.82) is 0 Å². The zero-order valence-electron chi connectivity index (χ0n) is 12.1. The first-order valence-corrected chi connectivity index (χ1v) is 7.09. The molecule has 1 aliphatic rings. The van der Waals surface area contributed by atoms with E-state index in [1.807, 2.05) is 6.92 Å². The van der Waals surface area contributed by atoms with Gasteiger partial charge in [-0.15, -0.1) is 0 Å². The highest BCUT2D eigenvalue weighted by Gasteiger charge is 2.20. The van der Waals surface area contributed by atoms with E-state index in [2.05, 4.69) is 15.3 Å². The summed E-state index contributed by atoms with van der Waals surface area (Å²) in [5.74, 6) is 1.02. The number of hydrogen-bond acceptors (Lipinski definition) is 5. The maximum atomic E-state index is 12.2. The van der Waals surface area contributed by atoms with Crippen LogP contribution in [0.3, 0.4) is 0 Å². The standard InChI is InChI=1S/C14H22N4O2/c1-3-15-13-8-16-12(7-17-13)14(19)18(2)9-11-5-4-6-20-10-11/h7-8,11H,3-6,9-10H2,1-2H3,(H,15,17). The molecule has 6 heteroatoms. The fraction of sp³-hybridized carbons (Fsp3) is 0.643. The number of nitrogens with one attached hydrogen (secondary N) is 1. The van der Waals surface area contributed by atoms with Gasteiger partial charge in [-0.25, -0.2) is 9.97 Å². The lowest BCUT2D eigenvalue weighted by atomic mass is 10.0. The molecule has 1 aromatic heterocycles. The van der Waals surface area contributed by atoms with Gasteiger partial charge in [-0.3, -0.25) is 4.79 Å². The van der Waals surface area contributed by atoms with Gasteiger partial charge >= 0.3 is 0 Å². The topological polar surface area (TPSA) is 67.4 Å². The number of rotatable bonds is 5. The second-order valence-electron chi connectivity index (χ2n) is 5.09. The predicted molar refractivity (Wildman–Crippen MR) is 76.7 cm³/mol. The van der Waals surface area contributed by atoms with Gasteiger partial charge in [0.15, 0.2) is 0 Å². The maximum absolute atomic E-state index is 12.2. The summed E-state index contributed by atoms with van der Waals surface area (Å²) >= 11 is 0. The first-order chi connectivity index (χ1) is 9.70. The summed E-state index contributed by atoms with van der Waals surface area (Å²) in [6.07, 6.45) is 5.30. The number of anilines is 1. The molecule has 0 spiro atoms. The molecular formula is C14H22N4O2. The zero-order chi connectivity index (χ0) is 14.4. The summed E-state index contributed by atoms with van der Waals surface area (Å²) < 4.78 is 5.44. The molecule has 0 aliphatic carbocycles. The van der Waals surface area contributed by atoms with E-state index in [-0.39, 0.29) is 5.91 Å². The number of ether oxygens (including phenoxy) is 1. The minimum absolute atomic E-state index is 0.0916. The lowest BCUT2D eigenvalue weighted by molar-refractivity contribution is 0.0386. The quantitative estimate of drug-likeness (QED) is 0.882. The summed E-state index contributed by atoms with van der Waals surface area (Å²) in [5.41, 5.74) is 0.380. The molecule has 1 amide bonds. The third kappa shape index (κ3) is 3.90. The molecule has 1 atom stereocenters. The van der Waals surface area contributed by atoms with Gasteiger partial charge in [0.25, 0.3) is 5.91 Å². The summed E-state index contributed by atoms with van der Waals surface area (Å²) in [4.78, 5) is 22.3. The van der Waals surface area contributed by atoms with Gasteiger partial charge < -0.3 is 15.0 Å². The van der Waals surface area contributed by atoms with Crippen LogP contribution >= 0.6 is 0 Å². The summed E-state index contributed by atoms with van der Waals surface area (Å²) in [6, 6.07) is 0. The molecule has 1 saturated heterocycles. The molecule has 2 rings (SSSR count). The lowest BCUT2D eigenvalue weighted by Crippen LogP contribution is -2.35. The second-order valence-corrected chi connectivity index (χ2v) is 5.09. The predicted octanol–water partition coefficient (Wildman–Crippen LogP) is 1.41. The van der Waals surface area contributed by atoms with E-state index in [4.69, 9.17) is 4.74 Å². The number of amides is 1. The van der Waals surface area contributed by atoms with E-state index in [9.17, 15) is 4.79 Å². The Kier molecular flexibility index (Phi) is 5.29. The van der Waals surface area contributed by atoms with Crippen LogP contribution in [0.1, 0.15) is 30.3 Å². The Morgan fingerprint density at radius 3 is 2.95 bits per heavy atom. The van der Waals surface area contributed by atoms with Crippen LogP contribution in [-0.2, 0) is 4.74 Å². The Bertz CT molecular complexity index is 429. The van der Waals surface area contributed by atoms with Crippen molar-refractivity contribution in [2.24, 2.45) is 5.92 Å². The molecule has 1 N–H and O–H groups in total. The van der Waals surface area contributed by atoms with Crippen LogP contribution < -0.4 is 5.32 Å². The molecule has 0 radical (unpaired) electrons. The van der Waals surface area contributed by atoms with Crippen LogP contribution in [0.15, 0.2) is 12.4 Å². The van der Waals surface area contributed by atoms with E-state index in [1.165, 1.54) is 6.20 Å². The second kappa shape index (κ2) is 7.19. The SMILES string of the molecule is CCNc1cnc(C(=O)N(C)CC2CCCOC2)cn1. The van der Waals surface area contributed by atoms with Gasteiger partial charge in [-0.05, 0) is 25.7 Å². The summed E-state index contributed by atoms with van der Waals surface area (Å²) in [6.45, 7) is 5.05. The monoisotopic (exact) mass is 278 g/mol. The Morgan fingerprint density at radius 2 is 2.35 bits per heavy atom. The van der Waals surface area contributed by atoms with Crippen molar-refractivity contribution in [2.75, 3.05) is 38.7 Å². The highest BCUT2D eigenvalue weighted by Crippen LogP contribution is 2.15. The number of carbonyl (C=O) groups excluding carboxylic acids is 1. The average molecular weight is 278 g/mol. The van der Waals surface area contributed by atoms with E-state index in [0.717, 1.165) is 32.6 Å². The van der Waals surface area contributed by atoms with Crippen LogP contribution in [0.5, 0.6) is 0 Å². The third-order valence-corrected chi connectivity index (χ3v) is 3.36. The summed E-state index contributed by atoms with van der Waals surface area (Å²) in [5, 5.41) is 3.05. The highest BCUT2D eigenvalue weighted by atomic mass is 16.5. The van der Waals surface area contributed by atoms with Crippen molar-refractivity contribution < 1.29 is 9.53 Å². The van der Waals surface area contributed by atoms with Crippen molar-refractivity contribution in [2.45, 2.75) is 19.8 Å². The number of carbonyl (C=O) groups is 1. The first kappa shape index (κ1) is 14.7. The Hall–Kier alpha value is -1.69. The molecule has 6 nitrogen and oxygen atoms in total. The summed E-state index contributed by atoms with van der Waals surface area (Å²) in [7, 11) is 1.80. The highest BCUT2D eigenvalue weighted by molar-refractivity contribution is 5.91. The molecular weight excluding hydrogens is 256 g/mol. The van der Waals surface area contributed by atoms with Crippen LogP contribution in [0, 0.1) is 5.92 Å². The molecule has 2 heterocycles. The molecule has 1 aliphatic heterocycles. The van der Waals surface area contributed by atoms with Crippen LogP contribution in [0.4, 0.5) is 5.82 Å². The number of hydrogen-bond donors (Lipinski definition) is 1. The largest absolute Gasteiger partial charge is 0.381 e. The zero-order valence-corrected chi connectivity index (χ0v) is 12.1. The fourth-order valence-corrected chi connectivity index (χ4v) is 2.33. The van der Waals surface area contributed by atoms with Crippen molar-refractivity contribution in [3.63, 3.8) is 0 Å². The molecule has 0 bridgehead atoms. The first-order valence-electron chi connectivity index (χ1n) is 7.09. The van der Waals surface area contributed by atoms with E-state index in [0.29, 0.717) is 24.0 Å². The smallest absolute Gasteiger partial charge is 0.273 e. The Labute approximate surface area is 119 Å². The fourth-order valence-electron chi connectivity index (χ4n) is 2.33. The van der Waals surface area contributed by atoms with Gasteiger partial charge in [0.2, 0.25) is 0 Å². The molecule has 20 heavy (non-hydrogen) atoms. The van der Waals surface area contributed by atoms with Gasteiger partial charge in [0, 0.05) is 26.7 Å². The Morgan fingerprint density at radius 1 is 1.50 bits per heavy atom. The van der Waals surface area contributed by atoms with Crippen molar-refractivity contribution in [3.8, 4) is 0 Å². The average Bonchev–Trinajstić information content (AvgIpc) is 2.48. The minimum Gasteiger partial charge on any atom is -0.381 e. The molecule has 1 fully saturated rings. The molecule has 110 valence electrons. The number of nitrogens with zero attached hydrogens (tertiary/aromatic N) is 3. The maximum Gasteiger partial charge on any atom is 0.273 e. The van der Waals surface area contributed by atoms with Gasteiger partial charge in [0.05, 0.1) is 19.0 Å². The van der Waals surface area contributed by atoms with E-state index in [1.54, 1.807) is 18.1 Å². The van der Waals surface area contributed by atoms with Crippen molar-refractivity contribution >= 4 is 11.7 Å². The number of aromatic nitrogens is 2. The Balaban J connectivity index is 1.91. The van der Waals surface area contributed by atoms with Gasteiger partial charge in [-0.1, -0.05) is 0 Å². The van der Waals surface area contributed by atoms with E-state index >= 15 is 0 Å². The van der Waals surface area contributed by atoms with Crippen LogP contribution in [0.25, 0.3) is 0 Å². The molecule has 1 aromatic rings. The van der Waals surface area contributed by atoms with Gasteiger partial charge in [0.1, 0.15) is 11.5 Å². The van der Waals surface area contributed by atoms with E-state index < -0.39 is 0 Å². The molecule has 0 aromatic carbocycles. The third-order valence-electron chi connectivity index (χ3n) is 3.36. The normalized spacial score (nSPS) is 18.6. The van der Waals surface area contributed by atoms with Gasteiger partial charge in [-0.2, -0.15) is 0 Å². The van der Waals surface area contributed by atoms with Crippen LogP contribution in [-0.4, -0.2) is 54.1 Å². The molecule has 0 saturated carbocycles. The van der Waals surface area contributed by atoms with Crippen LogP contribution in [0.2, 0.25) is 0 Å². The molecule has 1 unspecified atom stereocenters. The lowest BCUT2D eigenvalue weighted by Gasteiger charge is -2.26. The van der Waals surface area contributed by atoms with Crippen molar-refractivity contribution in [1.82, 2.24) is 14.9 Å².